The highest BCUT2D eigenvalue weighted by molar-refractivity contribution is 6.42. The molecule has 1 aromatic carbocycles. The highest BCUT2D eigenvalue weighted by Gasteiger charge is 2.31. The summed E-state index contributed by atoms with van der Waals surface area (Å²) in [5.41, 5.74) is 1.04. The van der Waals surface area contributed by atoms with Crippen LogP contribution in [-0.4, -0.2) is 43.3 Å². The first-order valence-corrected chi connectivity index (χ1v) is 7.99. The Morgan fingerprint density at radius 2 is 2.25 bits per heavy atom. The first-order valence-electron chi connectivity index (χ1n) is 7.23. The molecule has 0 aliphatic carbocycles. The van der Waals surface area contributed by atoms with Gasteiger partial charge in [-0.2, -0.15) is 0 Å². The van der Waals surface area contributed by atoms with E-state index in [9.17, 15) is 0 Å². The fourth-order valence-electron chi connectivity index (χ4n) is 3.06. The fourth-order valence-corrected chi connectivity index (χ4v) is 3.45. The van der Waals surface area contributed by atoms with Crippen molar-refractivity contribution >= 4 is 23.2 Å². The van der Waals surface area contributed by atoms with Crippen molar-refractivity contribution < 1.29 is 4.74 Å². The fraction of sp³-hybridized carbons (Fsp3) is 0.600. The number of hydrogen-bond donors (Lipinski definition) is 1. The predicted molar refractivity (Wildman–Crippen MR) is 82.5 cm³/mol. The highest BCUT2D eigenvalue weighted by Crippen LogP contribution is 2.25. The molecule has 0 saturated carbocycles. The SMILES string of the molecule is Clc1cccc(CNCC2CN3CCCC3CO2)c1Cl. The molecular weight excluding hydrogens is 295 g/mol. The molecule has 20 heavy (non-hydrogen) atoms. The molecule has 3 nitrogen and oxygen atoms in total. The molecule has 2 aliphatic rings. The zero-order valence-electron chi connectivity index (χ0n) is 11.4. The van der Waals surface area contributed by atoms with E-state index in [4.69, 9.17) is 27.9 Å². The zero-order chi connectivity index (χ0) is 13.9. The monoisotopic (exact) mass is 314 g/mol. The van der Waals surface area contributed by atoms with Gasteiger partial charge in [0.2, 0.25) is 0 Å². The molecule has 0 radical (unpaired) electrons. The van der Waals surface area contributed by atoms with Gasteiger partial charge in [0.1, 0.15) is 0 Å². The molecule has 0 amide bonds. The Bertz CT molecular complexity index is 469. The standard InChI is InChI=1S/C15H20Cl2N2O/c16-14-5-1-3-11(15(14)17)7-18-8-13-9-19-6-2-4-12(19)10-20-13/h1,3,5,12-13,18H,2,4,6-10H2. The quantitative estimate of drug-likeness (QED) is 0.924. The van der Waals surface area contributed by atoms with Gasteiger partial charge >= 0.3 is 0 Å². The number of benzene rings is 1. The van der Waals surface area contributed by atoms with Crippen LogP contribution in [0.2, 0.25) is 10.0 Å². The van der Waals surface area contributed by atoms with Crippen LogP contribution in [0.5, 0.6) is 0 Å². The minimum absolute atomic E-state index is 0.280. The molecule has 2 fully saturated rings. The molecule has 2 saturated heterocycles. The highest BCUT2D eigenvalue weighted by atomic mass is 35.5. The third-order valence-corrected chi connectivity index (χ3v) is 5.04. The first-order chi connectivity index (χ1) is 9.74. The summed E-state index contributed by atoms with van der Waals surface area (Å²) in [5, 5.41) is 4.68. The smallest absolute Gasteiger partial charge is 0.0827 e. The summed E-state index contributed by atoms with van der Waals surface area (Å²) in [6.45, 7) is 4.73. The molecule has 3 rings (SSSR count). The van der Waals surface area contributed by atoms with Crippen molar-refractivity contribution in [2.24, 2.45) is 0 Å². The molecule has 2 unspecified atom stereocenters. The number of fused-ring (bicyclic) bond motifs is 1. The molecule has 110 valence electrons. The Balaban J connectivity index is 1.47. The van der Waals surface area contributed by atoms with E-state index in [-0.39, 0.29) is 6.10 Å². The lowest BCUT2D eigenvalue weighted by Crippen LogP contribution is -2.49. The largest absolute Gasteiger partial charge is 0.374 e. The lowest BCUT2D eigenvalue weighted by Gasteiger charge is -2.35. The second-order valence-electron chi connectivity index (χ2n) is 5.59. The van der Waals surface area contributed by atoms with E-state index in [1.807, 2.05) is 18.2 Å². The van der Waals surface area contributed by atoms with Crippen LogP contribution in [0.1, 0.15) is 18.4 Å². The Hall–Kier alpha value is -0.320. The number of halogens is 2. The van der Waals surface area contributed by atoms with Gasteiger partial charge in [-0.1, -0.05) is 35.3 Å². The zero-order valence-corrected chi connectivity index (χ0v) is 13.0. The van der Waals surface area contributed by atoms with Crippen LogP contribution in [0.4, 0.5) is 0 Å². The van der Waals surface area contributed by atoms with Gasteiger partial charge in [0.05, 0.1) is 22.8 Å². The number of hydrogen-bond acceptors (Lipinski definition) is 3. The average molecular weight is 315 g/mol. The van der Waals surface area contributed by atoms with Crippen molar-refractivity contribution in [3.05, 3.63) is 33.8 Å². The van der Waals surface area contributed by atoms with Crippen molar-refractivity contribution in [1.29, 1.82) is 0 Å². The summed E-state index contributed by atoms with van der Waals surface area (Å²) in [7, 11) is 0. The molecule has 2 heterocycles. The van der Waals surface area contributed by atoms with E-state index < -0.39 is 0 Å². The molecule has 2 atom stereocenters. The third-order valence-electron chi connectivity index (χ3n) is 4.18. The lowest BCUT2D eigenvalue weighted by atomic mass is 10.2. The van der Waals surface area contributed by atoms with Crippen molar-refractivity contribution in [3.63, 3.8) is 0 Å². The van der Waals surface area contributed by atoms with Crippen molar-refractivity contribution in [2.75, 3.05) is 26.2 Å². The molecule has 0 aromatic heterocycles. The number of nitrogens with zero attached hydrogens (tertiary/aromatic N) is 1. The van der Waals surface area contributed by atoms with Gasteiger partial charge < -0.3 is 10.1 Å². The van der Waals surface area contributed by atoms with Crippen LogP contribution in [0.15, 0.2) is 18.2 Å². The summed E-state index contributed by atoms with van der Waals surface area (Å²) in [4.78, 5) is 2.56. The molecular formula is C15H20Cl2N2O. The Kier molecular flexibility index (Phi) is 4.84. The maximum atomic E-state index is 6.18. The van der Waals surface area contributed by atoms with Gasteiger partial charge in [0, 0.05) is 25.7 Å². The maximum absolute atomic E-state index is 6.18. The number of ether oxygens (including phenoxy) is 1. The Morgan fingerprint density at radius 1 is 1.35 bits per heavy atom. The minimum atomic E-state index is 0.280. The van der Waals surface area contributed by atoms with Crippen molar-refractivity contribution in [3.8, 4) is 0 Å². The van der Waals surface area contributed by atoms with E-state index in [0.29, 0.717) is 16.1 Å². The maximum Gasteiger partial charge on any atom is 0.0827 e. The van der Waals surface area contributed by atoms with Crippen LogP contribution in [0.25, 0.3) is 0 Å². The Labute approximate surface area is 130 Å². The van der Waals surface area contributed by atoms with Crippen LogP contribution in [-0.2, 0) is 11.3 Å². The molecule has 0 spiro atoms. The van der Waals surface area contributed by atoms with Gasteiger partial charge in [-0.3, -0.25) is 4.90 Å². The minimum Gasteiger partial charge on any atom is -0.374 e. The van der Waals surface area contributed by atoms with E-state index in [1.54, 1.807) is 0 Å². The predicted octanol–water partition coefficient (Wildman–Crippen LogP) is 2.95. The van der Waals surface area contributed by atoms with E-state index >= 15 is 0 Å². The van der Waals surface area contributed by atoms with Gasteiger partial charge in [0.25, 0.3) is 0 Å². The molecule has 5 heteroatoms. The number of nitrogens with one attached hydrogen (secondary N) is 1. The van der Waals surface area contributed by atoms with E-state index in [0.717, 1.165) is 31.8 Å². The summed E-state index contributed by atoms with van der Waals surface area (Å²) in [6, 6.07) is 6.40. The second-order valence-corrected chi connectivity index (χ2v) is 6.38. The third kappa shape index (κ3) is 3.29. The van der Waals surface area contributed by atoms with E-state index in [2.05, 4.69) is 10.2 Å². The molecule has 2 aliphatic heterocycles. The normalized spacial score (nSPS) is 26.7. The lowest BCUT2D eigenvalue weighted by molar-refractivity contribution is -0.0470. The van der Waals surface area contributed by atoms with Gasteiger partial charge in [-0.25, -0.2) is 0 Å². The average Bonchev–Trinajstić information content (AvgIpc) is 2.91. The van der Waals surface area contributed by atoms with Gasteiger partial charge in [-0.05, 0) is 31.0 Å². The van der Waals surface area contributed by atoms with Crippen LogP contribution >= 0.6 is 23.2 Å². The van der Waals surface area contributed by atoms with Crippen LogP contribution < -0.4 is 5.32 Å². The van der Waals surface area contributed by atoms with Crippen LogP contribution in [0.3, 0.4) is 0 Å². The molecule has 1 aromatic rings. The van der Waals surface area contributed by atoms with E-state index in [1.165, 1.54) is 19.4 Å². The summed E-state index contributed by atoms with van der Waals surface area (Å²) in [6.07, 6.45) is 2.88. The number of rotatable bonds is 4. The second kappa shape index (κ2) is 6.63. The van der Waals surface area contributed by atoms with Gasteiger partial charge in [0.15, 0.2) is 0 Å². The molecule has 1 N–H and O–H groups in total. The Morgan fingerprint density at radius 3 is 3.15 bits per heavy atom. The number of morpholine rings is 1. The van der Waals surface area contributed by atoms with Gasteiger partial charge in [-0.15, -0.1) is 0 Å². The first kappa shape index (κ1) is 14.6. The topological polar surface area (TPSA) is 24.5 Å². The summed E-state index contributed by atoms with van der Waals surface area (Å²) < 4.78 is 5.92. The molecule has 0 bridgehead atoms. The van der Waals surface area contributed by atoms with Crippen molar-refractivity contribution in [2.45, 2.75) is 31.5 Å². The summed E-state index contributed by atoms with van der Waals surface area (Å²) in [5.74, 6) is 0. The van der Waals surface area contributed by atoms with Crippen molar-refractivity contribution in [1.82, 2.24) is 10.2 Å². The summed E-state index contributed by atoms with van der Waals surface area (Å²) >= 11 is 12.2. The van der Waals surface area contributed by atoms with Crippen LogP contribution in [0, 0.1) is 0 Å².